The van der Waals surface area contributed by atoms with Crippen LogP contribution in [0.1, 0.15) is 33.7 Å². The third kappa shape index (κ3) is 4.38. The van der Waals surface area contributed by atoms with Crippen LogP contribution in [0.5, 0.6) is 0 Å². The molecular formula is C52H33N3O. The van der Waals surface area contributed by atoms with Gasteiger partial charge in [0.1, 0.15) is 11.2 Å². The summed E-state index contributed by atoms with van der Waals surface area (Å²) in [5.41, 5.74) is 14.6. The first-order valence-corrected chi connectivity index (χ1v) is 19.3. The lowest BCUT2D eigenvalue weighted by molar-refractivity contribution is 0.467. The van der Waals surface area contributed by atoms with Gasteiger partial charge in [-0.05, 0) is 51.1 Å². The van der Waals surface area contributed by atoms with Gasteiger partial charge in [0.25, 0.3) is 0 Å². The minimum Gasteiger partial charge on any atom is -0.455 e. The molecule has 262 valence electrons. The van der Waals surface area contributed by atoms with E-state index in [-0.39, 0.29) is 11.8 Å². The Balaban J connectivity index is 1.04. The van der Waals surface area contributed by atoms with E-state index in [2.05, 4.69) is 127 Å². The molecule has 0 amide bonds. The summed E-state index contributed by atoms with van der Waals surface area (Å²) in [5.74, 6) is 2.31. The molecule has 0 saturated heterocycles. The molecule has 0 bridgehead atoms. The zero-order valence-electron chi connectivity index (χ0n) is 30.3. The molecule has 56 heavy (non-hydrogen) atoms. The Hall–Kier alpha value is -7.17. The molecule has 3 aliphatic rings. The molecule has 4 nitrogen and oxygen atoms in total. The molecule has 0 saturated carbocycles. The van der Waals surface area contributed by atoms with Gasteiger partial charge in [-0.2, -0.15) is 0 Å². The van der Waals surface area contributed by atoms with Crippen LogP contribution in [-0.4, -0.2) is 15.0 Å². The van der Waals surface area contributed by atoms with E-state index in [1.807, 2.05) is 60.7 Å². The van der Waals surface area contributed by atoms with Crippen molar-refractivity contribution in [2.75, 3.05) is 0 Å². The van der Waals surface area contributed by atoms with Crippen LogP contribution in [0.15, 0.2) is 193 Å². The van der Waals surface area contributed by atoms with Crippen molar-refractivity contribution in [3.63, 3.8) is 0 Å². The third-order valence-corrected chi connectivity index (χ3v) is 12.2. The summed E-state index contributed by atoms with van der Waals surface area (Å²) >= 11 is 0. The summed E-state index contributed by atoms with van der Waals surface area (Å²) in [7, 11) is 0. The Labute approximate surface area is 324 Å². The lowest BCUT2D eigenvalue weighted by atomic mass is 9.64. The van der Waals surface area contributed by atoms with E-state index < -0.39 is 5.41 Å². The molecule has 3 unspecified atom stereocenters. The molecule has 2 heterocycles. The summed E-state index contributed by atoms with van der Waals surface area (Å²) < 4.78 is 6.75. The highest BCUT2D eigenvalue weighted by atomic mass is 16.3. The number of hydrogen-bond donors (Lipinski definition) is 0. The van der Waals surface area contributed by atoms with Crippen molar-refractivity contribution >= 4 is 27.5 Å². The van der Waals surface area contributed by atoms with Gasteiger partial charge in [0.15, 0.2) is 17.5 Å². The number of furan rings is 1. The van der Waals surface area contributed by atoms with Crippen LogP contribution in [0.4, 0.5) is 0 Å². The molecule has 7 aromatic carbocycles. The number of hydrogen-bond acceptors (Lipinski definition) is 4. The maximum absolute atomic E-state index is 6.75. The Morgan fingerprint density at radius 1 is 0.482 bits per heavy atom. The quantitative estimate of drug-likeness (QED) is 0.182. The minimum atomic E-state index is -0.392. The predicted octanol–water partition coefficient (Wildman–Crippen LogP) is 12.5. The highest BCUT2D eigenvalue weighted by Gasteiger charge is 2.57. The van der Waals surface area contributed by atoms with Gasteiger partial charge >= 0.3 is 0 Å². The van der Waals surface area contributed by atoms with E-state index in [9.17, 15) is 0 Å². The third-order valence-electron chi connectivity index (χ3n) is 12.2. The molecule has 3 atom stereocenters. The lowest BCUT2D eigenvalue weighted by Gasteiger charge is -2.37. The van der Waals surface area contributed by atoms with Gasteiger partial charge < -0.3 is 4.42 Å². The molecule has 0 aliphatic heterocycles. The Bertz CT molecular complexity index is 3050. The zero-order chi connectivity index (χ0) is 36.8. The SMILES string of the molecule is C1=CC2c3ccccc3C3(c4ccccc4-c4c3ccc3c4oc4ccccc43)C2C=C1c1cccc(-c2nc(-c3ccccc3)nc(-c3ccccc3)n2)c1. The fourth-order valence-electron chi connectivity index (χ4n) is 9.89. The summed E-state index contributed by atoms with van der Waals surface area (Å²) in [5, 5.41) is 2.32. The molecule has 2 aromatic heterocycles. The molecule has 12 rings (SSSR count). The number of aromatic nitrogens is 3. The van der Waals surface area contributed by atoms with Crippen molar-refractivity contribution in [2.45, 2.75) is 11.3 Å². The van der Waals surface area contributed by atoms with E-state index in [1.165, 1.54) is 39.0 Å². The molecule has 0 radical (unpaired) electrons. The molecule has 9 aromatic rings. The van der Waals surface area contributed by atoms with Gasteiger partial charge in [-0.3, -0.25) is 0 Å². The molecule has 0 fully saturated rings. The maximum atomic E-state index is 6.75. The minimum absolute atomic E-state index is 0.138. The average Bonchev–Trinajstić information content (AvgIpc) is 3.91. The van der Waals surface area contributed by atoms with Crippen molar-refractivity contribution in [1.82, 2.24) is 15.0 Å². The maximum Gasteiger partial charge on any atom is 0.164 e. The number of allylic oxidation sites excluding steroid dienone is 4. The van der Waals surface area contributed by atoms with Gasteiger partial charge in [-0.1, -0.05) is 176 Å². The van der Waals surface area contributed by atoms with Crippen LogP contribution in [0.3, 0.4) is 0 Å². The number of benzene rings is 7. The summed E-state index contributed by atoms with van der Waals surface area (Å²) in [6.07, 6.45) is 7.29. The Morgan fingerprint density at radius 2 is 1.11 bits per heavy atom. The molecular weight excluding hydrogens is 683 g/mol. The van der Waals surface area contributed by atoms with Crippen LogP contribution in [0.25, 0.3) is 72.8 Å². The van der Waals surface area contributed by atoms with Gasteiger partial charge in [0.05, 0.1) is 5.41 Å². The Kier molecular flexibility index (Phi) is 6.64. The number of fused-ring (bicyclic) bond motifs is 14. The second-order valence-electron chi connectivity index (χ2n) is 15.1. The number of para-hydroxylation sites is 1. The second kappa shape index (κ2) is 11.9. The fraction of sp³-hybridized carbons (Fsp3) is 0.0577. The van der Waals surface area contributed by atoms with Gasteiger partial charge in [0, 0.05) is 44.9 Å². The first-order valence-electron chi connectivity index (χ1n) is 19.3. The standard InChI is InChI=1S/C52H33N3O/c1-3-14-32(15-4-1)49-53-50(33-16-5-2-6-17-33)55-51(54-49)36-19-13-18-34(30-36)35-26-27-38-37-20-7-10-23-42(37)52(45(38)31-35)43-24-11-8-22-41(43)47-44(52)29-28-40-39-21-9-12-25-46(39)56-48(40)47/h1-31,38,45H. The van der Waals surface area contributed by atoms with Crippen LogP contribution in [0.2, 0.25) is 0 Å². The first-order chi connectivity index (χ1) is 27.8. The largest absolute Gasteiger partial charge is 0.455 e. The van der Waals surface area contributed by atoms with Gasteiger partial charge in [-0.15, -0.1) is 0 Å². The van der Waals surface area contributed by atoms with Crippen molar-refractivity contribution < 1.29 is 4.42 Å². The van der Waals surface area contributed by atoms with Crippen molar-refractivity contribution in [3.8, 4) is 45.3 Å². The predicted molar refractivity (Wildman–Crippen MR) is 225 cm³/mol. The van der Waals surface area contributed by atoms with Crippen LogP contribution in [0, 0.1) is 5.92 Å². The van der Waals surface area contributed by atoms with Gasteiger partial charge in [-0.25, -0.2) is 15.0 Å². The Morgan fingerprint density at radius 3 is 1.89 bits per heavy atom. The first kappa shape index (κ1) is 31.2. The second-order valence-corrected chi connectivity index (χ2v) is 15.1. The van der Waals surface area contributed by atoms with E-state index >= 15 is 0 Å². The summed E-state index contributed by atoms with van der Waals surface area (Å²) in [4.78, 5) is 15.0. The average molecular weight is 716 g/mol. The number of rotatable bonds is 4. The van der Waals surface area contributed by atoms with Crippen LogP contribution in [-0.2, 0) is 5.41 Å². The highest BCUT2D eigenvalue weighted by Crippen LogP contribution is 2.66. The van der Waals surface area contributed by atoms with Crippen LogP contribution >= 0.6 is 0 Å². The monoisotopic (exact) mass is 715 g/mol. The van der Waals surface area contributed by atoms with E-state index in [1.54, 1.807) is 0 Å². The molecule has 3 aliphatic carbocycles. The molecule has 4 heteroatoms. The summed E-state index contributed by atoms with van der Waals surface area (Å²) in [6, 6.07) is 60.2. The van der Waals surface area contributed by atoms with Gasteiger partial charge in [0.2, 0.25) is 0 Å². The van der Waals surface area contributed by atoms with E-state index in [4.69, 9.17) is 19.4 Å². The van der Waals surface area contributed by atoms with Crippen molar-refractivity contribution in [3.05, 3.63) is 216 Å². The normalized spacial score (nSPS) is 18.8. The van der Waals surface area contributed by atoms with E-state index in [0.717, 1.165) is 44.2 Å². The van der Waals surface area contributed by atoms with Crippen molar-refractivity contribution in [2.24, 2.45) is 5.92 Å². The number of nitrogens with zero attached hydrogens (tertiary/aromatic N) is 3. The van der Waals surface area contributed by atoms with Crippen LogP contribution < -0.4 is 0 Å². The smallest absolute Gasteiger partial charge is 0.164 e. The van der Waals surface area contributed by atoms with E-state index in [0.29, 0.717) is 17.5 Å². The lowest BCUT2D eigenvalue weighted by Crippen LogP contribution is -2.33. The molecule has 1 spiro atoms. The summed E-state index contributed by atoms with van der Waals surface area (Å²) in [6.45, 7) is 0. The van der Waals surface area contributed by atoms with Crippen molar-refractivity contribution in [1.29, 1.82) is 0 Å². The molecule has 0 N–H and O–H groups in total. The fourth-order valence-corrected chi connectivity index (χ4v) is 9.89. The zero-order valence-corrected chi connectivity index (χ0v) is 30.3. The highest BCUT2D eigenvalue weighted by molar-refractivity contribution is 6.12. The topological polar surface area (TPSA) is 51.8 Å².